The van der Waals surface area contributed by atoms with Crippen LogP contribution in [0.2, 0.25) is 0 Å². The molecule has 1 unspecified atom stereocenters. The third kappa shape index (κ3) is 2.92. The molecule has 0 aliphatic heterocycles. The van der Waals surface area contributed by atoms with Crippen molar-refractivity contribution >= 4 is 49.0 Å². The molecule has 0 radical (unpaired) electrons. The average Bonchev–Trinajstić information content (AvgIpc) is 2.79. The normalized spacial score (nSPS) is 17.8. The van der Waals surface area contributed by atoms with E-state index >= 15 is 0 Å². The Morgan fingerprint density at radius 2 is 2.10 bits per heavy atom. The van der Waals surface area contributed by atoms with Crippen LogP contribution in [0.15, 0.2) is 38.6 Å². The van der Waals surface area contributed by atoms with E-state index in [-0.39, 0.29) is 5.78 Å². The smallest absolute Gasteiger partial charge is 0.173 e. The van der Waals surface area contributed by atoms with E-state index in [0.29, 0.717) is 12.3 Å². The third-order valence-corrected chi connectivity index (χ3v) is 7.14. The maximum absolute atomic E-state index is 12.5. The van der Waals surface area contributed by atoms with Gasteiger partial charge in [0.15, 0.2) is 5.78 Å². The second kappa shape index (κ2) is 6.12. The van der Waals surface area contributed by atoms with Crippen LogP contribution in [-0.4, -0.2) is 5.78 Å². The Bertz CT molecular complexity index is 628. The largest absolute Gasteiger partial charge is 0.293 e. The lowest BCUT2D eigenvalue weighted by Crippen LogP contribution is -2.13. The molecule has 20 heavy (non-hydrogen) atoms. The number of aryl methyl sites for hydroxylation is 1. The van der Waals surface area contributed by atoms with Gasteiger partial charge in [0.25, 0.3) is 0 Å². The summed E-state index contributed by atoms with van der Waals surface area (Å²) >= 11 is 8.41. The van der Waals surface area contributed by atoms with Crippen LogP contribution in [0.4, 0.5) is 0 Å². The van der Waals surface area contributed by atoms with Gasteiger partial charge in [0.05, 0.1) is 8.66 Å². The number of fused-ring (bicyclic) bond motifs is 1. The standard InChI is InChI=1S/C16H14Br2OS/c17-13-9-15(20-16(13)18)14(19)8-11-6-3-5-10-4-1-2-7-12(10)11/h1-2,4,7,9,11H,3,5-6,8H2. The van der Waals surface area contributed by atoms with Gasteiger partial charge in [-0.15, -0.1) is 11.3 Å². The van der Waals surface area contributed by atoms with Crippen molar-refractivity contribution in [3.63, 3.8) is 0 Å². The van der Waals surface area contributed by atoms with E-state index in [1.807, 2.05) is 6.07 Å². The summed E-state index contributed by atoms with van der Waals surface area (Å²) in [6.07, 6.45) is 4.08. The van der Waals surface area contributed by atoms with Crippen LogP contribution in [0.5, 0.6) is 0 Å². The first-order valence-corrected chi connectivity index (χ1v) is 9.11. The van der Waals surface area contributed by atoms with Gasteiger partial charge in [0.2, 0.25) is 0 Å². The van der Waals surface area contributed by atoms with Crippen LogP contribution < -0.4 is 0 Å². The molecule has 1 aliphatic carbocycles. The molecule has 0 saturated carbocycles. The highest BCUT2D eigenvalue weighted by molar-refractivity contribution is 9.13. The number of rotatable bonds is 3. The average molecular weight is 414 g/mol. The van der Waals surface area contributed by atoms with Crippen molar-refractivity contribution in [2.24, 2.45) is 0 Å². The summed E-state index contributed by atoms with van der Waals surface area (Å²) in [5, 5.41) is 0. The highest BCUT2D eigenvalue weighted by Crippen LogP contribution is 2.37. The number of halogens is 2. The summed E-state index contributed by atoms with van der Waals surface area (Å²) < 4.78 is 1.96. The summed E-state index contributed by atoms with van der Waals surface area (Å²) in [5.41, 5.74) is 2.80. The van der Waals surface area contributed by atoms with Gasteiger partial charge in [-0.05, 0) is 74.2 Å². The molecule has 3 rings (SSSR count). The molecule has 0 fully saturated rings. The molecule has 1 aromatic carbocycles. The van der Waals surface area contributed by atoms with E-state index in [2.05, 4.69) is 56.1 Å². The van der Waals surface area contributed by atoms with E-state index in [9.17, 15) is 4.79 Å². The number of thiophene rings is 1. The molecule has 1 atom stereocenters. The molecule has 1 heterocycles. The van der Waals surface area contributed by atoms with Crippen molar-refractivity contribution in [2.45, 2.75) is 31.6 Å². The topological polar surface area (TPSA) is 17.1 Å². The summed E-state index contributed by atoms with van der Waals surface area (Å²) in [7, 11) is 0. The van der Waals surface area contributed by atoms with E-state index in [0.717, 1.165) is 26.0 Å². The van der Waals surface area contributed by atoms with E-state index in [1.54, 1.807) is 0 Å². The van der Waals surface area contributed by atoms with Gasteiger partial charge in [-0.2, -0.15) is 0 Å². The lowest BCUT2D eigenvalue weighted by Gasteiger charge is -2.24. The van der Waals surface area contributed by atoms with E-state index in [4.69, 9.17) is 0 Å². The predicted molar refractivity (Wildman–Crippen MR) is 90.8 cm³/mol. The van der Waals surface area contributed by atoms with E-state index < -0.39 is 0 Å². The summed E-state index contributed by atoms with van der Waals surface area (Å²) in [6.45, 7) is 0. The summed E-state index contributed by atoms with van der Waals surface area (Å²) in [4.78, 5) is 13.3. The van der Waals surface area contributed by atoms with Gasteiger partial charge in [0, 0.05) is 10.9 Å². The number of carbonyl (C=O) groups excluding carboxylic acids is 1. The first kappa shape index (κ1) is 14.5. The zero-order valence-electron chi connectivity index (χ0n) is 10.9. The Balaban J connectivity index is 1.80. The van der Waals surface area contributed by atoms with E-state index in [1.165, 1.54) is 28.9 Å². The maximum atomic E-state index is 12.5. The van der Waals surface area contributed by atoms with Crippen molar-refractivity contribution in [2.75, 3.05) is 0 Å². The number of benzene rings is 1. The van der Waals surface area contributed by atoms with Crippen molar-refractivity contribution in [1.29, 1.82) is 0 Å². The van der Waals surface area contributed by atoms with Crippen molar-refractivity contribution in [1.82, 2.24) is 0 Å². The van der Waals surface area contributed by atoms with Crippen LogP contribution >= 0.6 is 43.2 Å². The molecule has 2 aromatic rings. The van der Waals surface area contributed by atoms with Crippen LogP contribution in [0.25, 0.3) is 0 Å². The molecule has 0 spiro atoms. The molecular weight excluding hydrogens is 400 g/mol. The van der Waals surface area contributed by atoms with Gasteiger partial charge >= 0.3 is 0 Å². The monoisotopic (exact) mass is 412 g/mol. The molecule has 0 amide bonds. The number of hydrogen-bond donors (Lipinski definition) is 0. The molecule has 1 nitrogen and oxygen atoms in total. The second-order valence-electron chi connectivity index (χ2n) is 5.15. The van der Waals surface area contributed by atoms with Crippen LogP contribution in [0.1, 0.15) is 46.0 Å². The fraction of sp³-hybridized carbons (Fsp3) is 0.312. The zero-order valence-corrected chi connectivity index (χ0v) is 14.9. The van der Waals surface area contributed by atoms with Crippen LogP contribution in [0.3, 0.4) is 0 Å². The van der Waals surface area contributed by atoms with Crippen LogP contribution in [-0.2, 0) is 6.42 Å². The SMILES string of the molecule is O=C(CC1CCCc2ccccc21)c1cc(Br)c(Br)s1. The molecule has 1 aromatic heterocycles. The Morgan fingerprint density at radius 1 is 1.30 bits per heavy atom. The Labute approximate surface area is 139 Å². The van der Waals surface area contributed by atoms with Gasteiger partial charge in [-0.3, -0.25) is 4.79 Å². The maximum Gasteiger partial charge on any atom is 0.173 e. The molecule has 0 N–H and O–H groups in total. The molecular formula is C16H14Br2OS. The summed E-state index contributed by atoms with van der Waals surface area (Å²) in [5.74, 6) is 0.634. The minimum atomic E-state index is 0.253. The number of Topliss-reactive ketones (excluding diaryl/α,β-unsaturated/α-hetero) is 1. The first-order valence-electron chi connectivity index (χ1n) is 6.71. The summed E-state index contributed by atoms with van der Waals surface area (Å²) in [6, 6.07) is 10.5. The predicted octanol–water partition coefficient (Wildman–Crippen LogP) is 5.97. The zero-order chi connectivity index (χ0) is 14.1. The number of carbonyl (C=O) groups is 1. The fourth-order valence-electron chi connectivity index (χ4n) is 2.87. The van der Waals surface area contributed by atoms with Gasteiger partial charge in [-0.1, -0.05) is 24.3 Å². The number of ketones is 1. The first-order chi connectivity index (χ1) is 9.65. The van der Waals surface area contributed by atoms with Gasteiger partial charge < -0.3 is 0 Å². The second-order valence-corrected chi connectivity index (χ2v) is 8.37. The highest BCUT2D eigenvalue weighted by atomic mass is 79.9. The number of hydrogen-bond acceptors (Lipinski definition) is 2. The molecule has 1 aliphatic rings. The highest BCUT2D eigenvalue weighted by Gasteiger charge is 2.23. The molecule has 0 bridgehead atoms. The molecule has 104 valence electrons. The van der Waals surface area contributed by atoms with Gasteiger partial charge in [0.1, 0.15) is 0 Å². The lowest BCUT2D eigenvalue weighted by atomic mass is 9.80. The lowest BCUT2D eigenvalue weighted by molar-refractivity contribution is 0.0975. The minimum Gasteiger partial charge on any atom is -0.293 e. The third-order valence-electron chi connectivity index (χ3n) is 3.85. The van der Waals surface area contributed by atoms with Crippen molar-refractivity contribution in [3.8, 4) is 0 Å². The Morgan fingerprint density at radius 3 is 2.85 bits per heavy atom. The quantitative estimate of drug-likeness (QED) is 0.566. The molecule has 4 heteroatoms. The van der Waals surface area contributed by atoms with Crippen molar-refractivity contribution in [3.05, 3.63) is 54.6 Å². The Kier molecular flexibility index (Phi) is 4.43. The van der Waals surface area contributed by atoms with Crippen molar-refractivity contribution < 1.29 is 4.79 Å². The Hall–Kier alpha value is -0.450. The minimum absolute atomic E-state index is 0.253. The van der Waals surface area contributed by atoms with Crippen LogP contribution in [0, 0.1) is 0 Å². The van der Waals surface area contributed by atoms with Gasteiger partial charge in [-0.25, -0.2) is 0 Å². The fourth-order valence-corrected chi connectivity index (χ4v) is 4.86. The molecule has 0 saturated heterocycles.